The summed E-state index contributed by atoms with van der Waals surface area (Å²) in [4.78, 5) is 12.3. The number of hydrogen-bond acceptors (Lipinski definition) is 4. The van der Waals surface area contributed by atoms with Gasteiger partial charge in [-0.15, -0.1) is 0 Å². The van der Waals surface area contributed by atoms with Crippen molar-refractivity contribution in [2.75, 3.05) is 14.2 Å². The molecule has 2 atom stereocenters. The zero-order valence-electron chi connectivity index (χ0n) is 13.7. The van der Waals surface area contributed by atoms with Crippen LogP contribution in [0, 0.1) is 11.8 Å². The van der Waals surface area contributed by atoms with Crippen LogP contribution in [0.2, 0.25) is 0 Å². The Morgan fingerprint density at radius 2 is 1.77 bits per heavy atom. The number of carbonyl (C=O) groups excluding carboxylic acids is 1. The highest BCUT2D eigenvalue weighted by atomic mass is 16.5. The first-order chi connectivity index (χ1) is 10.6. The first kappa shape index (κ1) is 16.3. The van der Waals surface area contributed by atoms with Crippen molar-refractivity contribution in [1.29, 1.82) is 0 Å². The van der Waals surface area contributed by atoms with Crippen LogP contribution in [-0.2, 0) is 0 Å². The molecule has 1 N–H and O–H groups in total. The van der Waals surface area contributed by atoms with Crippen molar-refractivity contribution < 1.29 is 14.3 Å². The minimum Gasteiger partial charge on any atom is -0.493 e. The SMILES string of the molecule is COc1ccc(C(=O)NN=C2[C@H](C)CCC[C@@H]2C)cc1OC. The lowest BCUT2D eigenvalue weighted by molar-refractivity contribution is 0.0954. The van der Waals surface area contributed by atoms with Gasteiger partial charge in [-0.05, 0) is 42.9 Å². The Morgan fingerprint density at radius 3 is 2.36 bits per heavy atom. The number of nitrogens with one attached hydrogen (secondary N) is 1. The number of hydrazone groups is 1. The zero-order chi connectivity index (χ0) is 16.1. The summed E-state index contributed by atoms with van der Waals surface area (Å²) in [7, 11) is 3.11. The van der Waals surface area contributed by atoms with Crippen molar-refractivity contribution in [1.82, 2.24) is 5.43 Å². The molecule has 1 aromatic rings. The van der Waals surface area contributed by atoms with E-state index < -0.39 is 0 Å². The molecule has 1 saturated carbocycles. The van der Waals surface area contributed by atoms with Crippen LogP contribution < -0.4 is 14.9 Å². The third-order valence-electron chi connectivity index (χ3n) is 4.22. The average Bonchev–Trinajstić information content (AvgIpc) is 2.53. The second-order valence-corrected chi connectivity index (χ2v) is 5.78. The molecule has 1 amide bonds. The van der Waals surface area contributed by atoms with Gasteiger partial charge in [0.1, 0.15) is 0 Å². The van der Waals surface area contributed by atoms with Gasteiger partial charge in [0.25, 0.3) is 5.91 Å². The molecule has 1 aliphatic carbocycles. The van der Waals surface area contributed by atoms with Gasteiger partial charge in [0.15, 0.2) is 11.5 Å². The summed E-state index contributed by atoms with van der Waals surface area (Å²) in [5.74, 6) is 1.74. The molecule has 2 rings (SSSR count). The first-order valence-corrected chi connectivity index (χ1v) is 7.66. The second kappa shape index (κ2) is 7.29. The third-order valence-corrected chi connectivity index (χ3v) is 4.22. The largest absolute Gasteiger partial charge is 0.493 e. The summed E-state index contributed by atoms with van der Waals surface area (Å²) >= 11 is 0. The smallest absolute Gasteiger partial charge is 0.271 e. The van der Waals surface area contributed by atoms with Gasteiger partial charge >= 0.3 is 0 Å². The number of amides is 1. The molecule has 120 valence electrons. The number of rotatable bonds is 4. The van der Waals surface area contributed by atoms with Gasteiger partial charge in [-0.3, -0.25) is 4.79 Å². The fourth-order valence-corrected chi connectivity index (χ4v) is 2.89. The third kappa shape index (κ3) is 3.59. The van der Waals surface area contributed by atoms with Crippen molar-refractivity contribution >= 4 is 11.6 Å². The maximum atomic E-state index is 12.3. The fourth-order valence-electron chi connectivity index (χ4n) is 2.89. The molecule has 0 saturated heterocycles. The second-order valence-electron chi connectivity index (χ2n) is 5.78. The first-order valence-electron chi connectivity index (χ1n) is 7.66. The van der Waals surface area contributed by atoms with Gasteiger partial charge in [-0.25, -0.2) is 5.43 Å². The molecule has 5 heteroatoms. The summed E-state index contributed by atoms with van der Waals surface area (Å²) < 4.78 is 10.4. The predicted molar refractivity (Wildman–Crippen MR) is 86.6 cm³/mol. The molecule has 0 radical (unpaired) electrons. The van der Waals surface area contributed by atoms with E-state index in [-0.39, 0.29) is 5.91 Å². The topological polar surface area (TPSA) is 59.9 Å². The predicted octanol–water partition coefficient (Wildman–Crippen LogP) is 3.25. The van der Waals surface area contributed by atoms with Crippen LogP contribution in [0.3, 0.4) is 0 Å². The Labute approximate surface area is 131 Å². The Hall–Kier alpha value is -2.04. The molecule has 22 heavy (non-hydrogen) atoms. The van der Waals surface area contributed by atoms with E-state index in [0.29, 0.717) is 28.9 Å². The maximum Gasteiger partial charge on any atom is 0.271 e. The highest BCUT2D eigenvalue weighted by molar-refractivity contribution is 5.96. The van der Waals surface area contributed by atoms with E-state index in [2.05, 4.69) is 24.4 Å². The van der Waals surface area contributed by atoms with E-state index in [0.717, 1.165) is 18.6 Å². The van der Waals surface area contributed by atoms with E-state index in [9.17, 15) is 4.79 Å². The lowest BCUT2D eigenvalue weighted by Gasteiger charge is -2.26. The van der Waals surface area contributed by atoms with Crippen molar-refractivity contribution in [2.45, 2.75) is 33.1 Å². The highest BCUT2D eigenvalue weighted by Crippen LogP contribution is 2.28. The van der Waals surface area contributed by atoms with Crippen LogP contribution in [0.25, 0.3) is 0 Å². The van der Waals surface area contributed by atoms with E-state index in [1.54, 1.807) is 32.4 Å². The van der Waals surface area contributed by atoms with Gasteiger partial charge in [0, 0.05) is 11.3 Å². The molecule has 5 nitrogen and oxygen atoms in total. The lowest BCUT2D eigenvalue weighted by Crippen LogP contribution is -2.29. The van der Waals surface area contributed by atoms with E-state index in [1.165, 1.54) is 6.42 Å². The average molecular weight is 304 g/mol. The van der Waals surface area contributed by atoms with E-state index in [1.807, 2.05) is 0 Å². The fraction of sp³-hybridized carbons (Fsp3) is 0.529. The molecule has 1 aliphatic rings. The van der Waals surface area contributed by atoms with Crippen molar-refractivity contribution in [3.8, 4) is 11.5 Å². The van der Waals surface area contributed by atoms with Crippen LogP contribution >= 0.6 is 0 Å². The van der Waals surface area contributed by atoms with Crippen LogP contribution in [-0.4, -0.2) is 25.8 Å². The van der Waals surface area contributed by atoms with Crippen LogP contribution in [0.5, 0.6) is 11.5 Å². The van der Waals surface area contributed by atoms with Crippen LogP contribution in [0.15, 0.2) is 23.3 Å². The molecule has 0 spiro atoms. The van der Waals surface area contributed by atoms with Crippen molar-refractivity contribution in [3.05, 3.63) is 23.8 Å². The van der Waals surface area contributed by atoms with Crippen molar-refractivity contribution in [3.63, 3.8) is 0 Å². The monoisotopic (exact) mass is 304 g/mol. The molecule has 1 fully saturated rings. The summed E-state index contributed by atoms with van der Waals surface area (Å²) in [6.07, 6.45) is 3.50. The number of carbonyl (C=O) groups is 1. The highest BCUT2D eigenvalue weighted by Gasteiger charge is 2.23. The summed E-state index contributed by atoms with van der Waals surface area (Å²) in [5.41, 5.74) is 4.25. The number of nitrogens with zero attached hydrogens (tertiary/aromatic N) is 1. The van der Waals surface area contributed by atoms with E-state index >= 15 is 0 Å². The molecule has 0 bridgehead atoms. The van der Waals surface area contributed by atoms with Gasteiger partial charge in [-0.2, -0.15) is 5.10 Å². The molecule has 0 unspecified atom stereocenters. The number of benzene rings is 1. The van der Waals surface area contributed by atoms with Crippen molar-refractivity contribution in [2.24, 2.45) is 16.9 Å². The molecular formula is C17H24N2O3. The van der Waals surface area contributed by atoms with Gasteiger partial charge in [0.05, 0.1) is 14.2 Å². The summed E-state index contributed by atoms with van der Waals surface area (Å²) in [6.45, 7) is 4.33. The minimum atomic E-state index is -0.238. The Bertz CT molecular complexity index is 557. The van der Waals surface area contributed by atoms with Gasteiger partial charge < -0.3 is 9.47 Å². The zero-order valence-corrected chi connectivity index (χ0v) is 13.7. The van der Waals surface area contributed by atoms with Gasteiger partial charge in [-0.1, -0.05) is 20.3 Å². The Balaban J connectivity index is 2.12. The molecule has 1 aromatic carbocycles. The maximum absolute atomic E-state index is 12.3. The number of methoxy groups -OCH3 is 2. The normalized spacial score (nSPS) is 23.2. The Kier molecular flexibility index (Phi) is 5.41. The van der Waals surface area contributed by atoms with Crippen LogP contribution in [0.4, 0.5) is 0 Å². The Morgan fingerprint density at radius 1 is 1.14 bits per heavy atom. The minimum absolute atomic E-state index is 0.238. The molecule has 0 aromatic heterocycles. The standard InChI is InChI=1S/C17H24N2O3/c1-11-6-5-7-12(2)16(11)18-19-17(20)13-8-9-14(21-3)15(10-13)22-4/h8-12H,5-7H2,1-4H3,(H,19,20)/t11-,12+. The number of hydrogen-bond donors (Lipinski definition) is 1. The quantitative estimate of drug-likeness (QED) is 0.869. The summed E-state index contributed by atoms with van der Waals surface area (Å²) in [6, 6.07) is 5.07. The lowest BCUT2D eigenvalue weighted by atomic mass is 9.81. The van der Waals surface area contributed by atoms with Crippen LogP contribution in [0.1, 0.15) is 43.5 Å². The van der Waals surface area contributed by atoms with Gasteiger partial charge in [0.2, 0.25) is 0 Å². The molecular weight excluding hydrogens is 280 g/mol. The molecule has 0 heterocycles. The number of ether oxygens (including phenoxy) is 2. The summed E-state index contributed by atoms with van der Waals surface area (Å²) in [5, 5.41) is 4.36. The van der Waals surface area contributed by atoms with E-state index in [4.69, 9.17) is 9.47 Å². The molecule has 0 aliphatic heterocycles.